The molecule has 0 radical (unpaired) electrons. The Morgan fingerprint density at radius 2 is 1.63 bits per heavy atom. The zero-order chi connectivity index (χ0) is 20.6. The van der Waals surface area contributed by atoms with Gasteiger partial charge in [0.2, 0.25) is 21.8 Å². The summed E-state index contributed by atoms with van der Waals surface area (Å²) >= 11 is 0. The second-order valence-corrected chi connectivity index (χ2v) is 10.6. The summed E-state index contributed by atoms with van der Waals surface area (Å²) in [5.41, 5.74) is -0.404. The van der Waals surface area contributed by atoms with Crippen LogP contribution in [0.15, 0.2) is 29.2 Å². The lowest BCUT2D eigenvalue weighted by Gasteiger charge is -2.31. The summed E-state index contributed by atoms with van der Waals surface area (Å²) in [6, 6.07) is 6.00. The van der Waals surface area contributed by atoms with Crippen molar-refractivity contribution in [2.45, 2.75) is 63.9 Å². The third-order valence-electron chi connectivity index (χ3n) is 4.18. The lowest BCUT2D eigenvalue weighted by molar-refractivity contribution is -0.131. The molecule has 1 aromatic carbocycles. The quantitative estimate of drug-likeness (QED) is 0.818. The van der Waals surface area contributed by atoms with E-state index in [2.05, 4.69) is 10.0 Å². The van der Waals surface area contributed by atoms with Crippen molar-refractivity contribution in [1.29, 1.82) is 0 Å². The molecule has 150 valence electrons. The minimum Gasteiger partial charge on any atom is -0.337 e. The molecule has 8 heteroatoms. The Hall–Kier alpha value is -1.93. The first-order valence-electron chi connectivity index (χ1n) is 8.94. The van der Waals surface area contributed by atoms with Crippen molar-refractivity contribution in [3.63, 3.8) is 0 Å². The predicted octanol–water partition coefficient (Wildman–Crippen LogP) is 2.35. The smallest absolute Gasteiger partial charge is 0.241 e. The maximum atomic E-state index is 12.5. The maximum Gasteiger partial charge on any atom is 0.241 e. The molecule has 1 fully saturated rings. The molecule has 0 spiro atoms. The number of carbonyl (C=O) groups is 2. The van der Waals surface area contributed by atoms with Gasteiger partial charge in [0.1, 0.15) is 0 Å². The Balaban J connectivity index is 2.05. The number of amides is 2. The van der Waals surface area contributed by atoms with E-state index >= 15 is 0 Å². The average molecular weight is 396 g/mol. The number of hydrogen-bond donors (Lipinski definition) is 2. The summed E-state index contributed by atoms with van der Waals surface area (Å²) in [4.78, 5) is 26.5. The highest BCUT2D eigenvalue weighted by molar-refractivity contribution is 7.89. The third kappa shape index (κ3) is 5.52. The zero-order valence-electron chi connectivity index (χ0n) is 16.8. The third-order valence-corrected chi connectivity index (χ3v) is 5.95. The largest absolute Gasteiger partial charge is 0.337 e. The van der Waals surface area contributed by atoms with Gasteiger partial charge in [0.15, 0.2) is 0 Å². The molecule has 0 aliphatic carbocycles. The van der Waals surface area contributed by atoms with E-state index in [-0.39, 0.29) is 28.7 Å². The Kier molecular flexibility index (Phi) is 5.73. The Bertz CT molecular complexity index is 818. The average Bonchev–Trinajstić information content (AvgIpc) is 2.87. The molecule has 1 atom stereocenters. The first-order valence-corrected chi connectivity index (χ1v) is 10.4. The van der Waals surface area contributed by atoms with Gasteiger partial charge in [-0.15, -0.1) is 0 Å². The van der Waals surface area contributed by atoms with Crippen LogP contribution in [-0.4, -0.2) is 42.8 Å². The van der Waals surface area contributed by atoms with Gasteiger partial charge in [0.25, 0.3) is 0 Å². The van der Waals surface area contributed by atoms with Crippen LogP contribution in [-0.2, 0) is 19.6 Å². The number of rotatable bonds is 4. The molecule has 0 bridgehead atoms. The van der Waals surface area contributed by atoms with E-state index in [9.17, 15) is 18.0 Å². The van der Waals surface area contributed by atoms with Crippen molar-refractivity contribution in [3.8, 4) is 0 Å². The molecular weight excluding hydrogens is 366 g/mol. The predicted molar refractivity (Wildman–Crippen MR) is 105 cm³/mol. The second kappa shape index (κ2) is 7.24. The molecular formula is C19H29N3O4S. The maximum absolute atomic E-state index is 12.5. The molecule has 2 N–H and O–H groups in total. The van der Waals surface area contributed by atoms with Crippen LogP contribution in [0.25, 0.3) is 0 Å². The number of likely N-dealkylation sites (tertiary alicyclic amines) is 1. The Morgan fingerprint density at radius 1 is 1.07 bits per heavy atom. The van der Waals surface area contributed by atoms with Crippen molar-refractivity contribution in [1.82, 2.24) is 9.62 Å². The number of nitrogens with zero attached hydrogens (tertiary/aromatic N) is 1. The minimum absolute atomic E-state index is 0.0302. The molecule has 2 rings (SSSR count). The summed E-state index contributed by atoms with van der Waals surface area (Å²) in [6.07, 6.45) is 0.186. The summed E-state index contributed by atoms with van der Waals surface area (Å²) in [7, 11) is -3.62. The molecule has 1 heterocycles. The zero-order valence-corrected chi connectivity index (χ0v) is 17.6. The Labute approximate surface area is 161 Å². The van der Waals surface area contributed by atoms with E-state index in [0.717, 1.165) is 0 Å². The fourth-order valence-corrected chi connectivity index (χ4v) is 4.37. The molecule has 1 aliphatic rings. The standard InChI is InChI=1S/C19H29N3O4S/c1-18(2,3)21-27(25,26)15-9-7-14(8-10-15)20-17(24)13-11-16(23)22(12-13)19(4,5)6/h7-10,13,21H,11-12H2,1-6H3,(H,20,24)/t13-/m1/s1. The van der Waals surface area contributed by atoms with Gasteiger partial charge in [0, 0.05) is 29.7 Å². The van der Waals surface area contributed by atoms with Crippen molar-refractivity contribution in [2.24, 2.45) is 5.92 Å². The van der Waals surface area contributed by atoms with Gasteiger partial charge in [-0.2, -0.15) is 0 Å². The number of anilines is 1. The number of carbonyl (C=O) groups excluding carboxylic acids is 2. The Morgan fingerprint density at radius 3 is 2.07 bits per heavy atom. The van der Waals surface area contributed by atoms with Crippen LogP contribution < -0.4 is 10.0 Å². The molecule has 0 aromatic heterocycles. The van der Waals surface area contributed by atoms with Crippen LogP contribution in [0.4, 0.5) is 5.69 Å². The number of sulfonamides is 1. The van der Waals surface area contributed by atoms with E-state index in [1.807, 2.05) is 20.8 Å². The molecule has 27 heavy (non-hydrogen) atoms. The fourth-order valence-electron chi connectivity index (χ4n) is 2.96. The van der Waals surface area contributed by atoms with Gasteiger partial charge in [-0.3, -0.25) is 9.59 Å². The summed E-state index contributed by atoms with van der Waals surface area (Å²) in [5.74, 6) is -0.682. The van der Waals surface area contributed by atoms with Gasteiger partial charge < -0.3 is 10.2 Å². The molecule has 0 unspecified atom stereocenters. The highest BCUT2D eigenvalue weighted by Gasteiger charge is 2.39. The van der Waals surface area contributed by atoms with Gasteiger partial charge >= 0.3 is 0 Å². The van der Waals surface area contributed by atoms with Gasteiger partial charge in [-0.1, -0.05) is 0 Å². The summed E-state index contributed by atoms with van der Waals surface area (Å²) in [5, 5.41) is 2.77. The van der Waals surface area contributed by atoms with Crippen LogP contribution in [0.3, 0.4) is 0 Å². The highest BCUT2D eigenvalue weighted by Crippen LogP contribution is 2.27. The van der Waals surface area contributed by atoms with Gasteiger partial charge in [0.05, 0.1) is 10.8 Å². The lowest BCUT2D eigenvalue weighted by atomic mass is 10.1. The molecule has 2 amide bonds. The first kappa shape index (κ1) is 21.4. The van der Waals surface area contributed by atoms with Gasteiger partial charge in [-0.25, -0.2) is 13.1 Å². The molecule has 1 saturated heterocycles. The van der Waals surface area contributed by atoms with E-state index in [1.54, 1.807) is 37.8 Å². The summed E-state index contributed by atoms with van der Waals surface area (Å²) in [6.45, 7) is 11.5. The summed E-state index contributed by atoms with van der Waals surface area (Å²) < 4.78 is 27.2. The van der Waals surface area contributed by atoms with Crippen molar-refractivity contribution in [2.75, 3.05) is 11.9 Å². The minimum atomic E-state index is -3.62. The van der Waals surface area contributed by atoms with Crippen LogP contribution in [0, 0.1) is 5.92 Å². The van der Waals surface area contributed by atoms with Crippen LogP contribution in [0.5, 0.6) is 0 Å². The molecule has 1 aliphatic heterocycles. The van der Waals surface area contributed by atoms with Crippen molar-refractivity contribution in [3.05, 3.63) is 24.3 Å². The van der Waals surface area contributed by atoms with Crippen molar-refractivity contribution < 1.29 is 18.0 Å². The molecule has 7 nitrogen and oxygen atoms in total. The van der Waals surface area contributed by atoms with Crippen LogP contribution in [0.1, 0.15) is 48.0 Å². The molecule has 1 aromatic rings. The van der Waals surface area contributed by atoms with Crippen LogP contribution in [0.2, 0.25) is 0 Å². The van der Waals surface area contributed by atoms with E-state index in [4.69, 9.17) is 0 Å². The SMILES string of the molecule is CC(C)(C)NS(=O)(=O)c1ccc(NC(=O)[C@@H]2CC(=O)N(C(C)(C)C)C2)cc1. The lowest BCUT2D eigenvalue weighted by Crippen LogP contribution is -2.42. The second-order valence-electron chi connectivity index (χ2n) is 8.95. The van der Waals surface area contributed by atoms with Gasteiger partial charge in [-0.05, 0) is 65.8 Å². The van der Waals surface area contributed by atoms with E-state index in [0.29, 0.717) is 12.2 Å². The first-order chi connectivity index (χ1) is 12.2. The van der Waals surface area contributed by atoms with E-state index < -0.39 is 21.5 Å². The monoisotopic (exact) mass is 395 g/mol. The topological polar surface area (TPSA) is 95.6 Å². The number of benzene rings is 1. The molecule has 0 saturated carbocycles. The fraction of sp³-hybridized carbons (Fsp3) is 0.579. The highest BCUT2D eigenvalue weighted by atomic mass is 32.2. The number of hydrogen-bond acceptors (Lipinski definition) is 4. The van der Waals surface area contributed by atoms with Crippen molar-refractivity contribution >= 4 is 27.5 Å². The number of nitrogens with one attached hydrogen (secondary N) is 2. The normalized spacial score (nSPS) is 18.7. The van der Waals surface area contributed by atoms with E-state index in [1.165, 1.54) is 12.1 Å². The van der Waals surface area contributed by atoms with Crippen LogP contribution >= 0.6 is 0 Å².